The first-order valence-corrected chi connectivity index (χ1v) is 8.34. The molecule has 0 spiro atoms. The quantitative estimate of drug-likeness (QED) is 0.443. The van der Waals surface area contributed by atoms with Gasteiger partial charge in [0.25, 0.3) is 5.91 Å². The number of halogens is 1. The van der Waals surface area contributed by atoms with E-state index in [-0.39, 0.29) is 17.7 Å². The SMILES string of the molecule is CCN1C(=O)N/C(=C/c2cc(I)c(OC(C)C)c(OC)c2)C1=O. The van der Waals surface area contributed by atoms with Gasteiger partial charge in [-0.2, -0.15) is 0 Å². The third-order valence-electron chi connectivity index (χ3n) is 3.19. The Kier molecular flexibility index (Phi) is 5.51. The average molecular weight is 430 g/mol. The highest BCUT2D eigenvalue weighted by atomic mass is 127. The van der Waals surface area contributed by atoms with Crippen LogP contribution in [0.1, 0.15) is 26.3 Å². The molecule has 0 aliphatic carbocycles. The summed E-state index contributed by atoms with van der Waals surface area (Å²) < 4.78 is 12.0. The van der Waals surface area contributed by atoms with Crippen LogP contribution in [0.15, 0.2) is 17.8 Å². The highest BCUT2D eigenvalue weighted by molar-refractivity contribution is 14.1. The van der Waals surface area contributed by atoms with Crippen LogP contribution in [0.2, 0.25) is 0 Å². The van der Waals surface area contributed by atoms with E-state index in [1.165, 1.54) is 0 Å². The van der Waals surface area contributed by atoms with Crippen molar-refractivity contribution in [1.29, 1.82) is 0 Å². The van der Waals surface area contributed by atoms with Crippen molar-refractivity contribution in [2.24, 2.45) is 0 Å². The van der Waals surface area contributed by atoms with Crippen LogP contribution in [-0.2, 0) is 4.79 Å². The van der Waals surface area contributed by atoms with Gasteiger partial charge in [0, 0.05) is 6.54 Å². The molecule has 0 aromatic heterocycles. The summed E-state index contributed by atoms with van der Waals surface area (Å²) in [5, 5.41) is 2.58. The summed E-state index contributed by atoms with van der Waals surface area (Å²) in [6, 6.07) is 3.26. The van der Waals surface area contributed by atoms with Crippen molar-refractivity contribution in [3.05, 3.63) is 27.0 Å². The lowest BCUT2D eigenvalue weighted by molar-refractivity contribution is -0.122. The molecule has 7 heteroatoms. The molecule has 1 heterocycles. The second-order valence-electron chi connectivity index (χ2n) is 5.24. The maximum absolute atomic E-state index is 12.1. The molecule has 1 fully saturated rings. The lowest BCUT2D eigenvalue weighted by Crippen LogP contribution is -2.30. The van der Waals surface area contributed by atoms with Gasteiger partial charge in [-0.15, -0.1) is 0 Å². The Balaban J connectivity index is 2.38. The summed E-state index contributed by atoms with van der Waals surface area (Å²) in [5.41, 5.74) is 1.01. The van der Waals surface area contributed by atoms with Gasteiger partial charge in [0.15, 0.2) is 11.5 Å². The fourth-order valence-electron chi connectivity index (χ4n) is 2.20. The van der Waals surface area contributed by atoms with E-state index in [1.807, 2.05) is 19.9 Å². The number of hydrogen-bond donors (Lipinski definition) is 1. The number of imide groups is 1. The minimum absolute atomic E-state index is 0.0235. The number of nitrogens with one attached hydrogen (secondary N) is 1. The molecule has 3 amide bonds. The Morgan fingerprint density at radius 1 is 1.35 bits per heavy atom. The Morgan fingerprint density at radius 3 is 2.57 bits per heavy atom. The van der Waals surface area contributed by atoms with E-state index in [9.17, 15) is 9.59 Å². The van der Waals surface area contributed by atoms with Gasteiger partial charge in [-0.05, 0) is 67.1 Å². The molecule has 1 saturated heterocycles. The maximum Gasteiger partial charge on any atom is 0.328 e. The Bertz CT molecular complexity index is 670. The van der Waals surface area contributed by atoms with E-state index in [2.05, 4.69) is 27.9 Å². The minimum Gasteiger partial charge on any atom is -0.493 e. The first kappa shape index (κ1) is 17.6. The van der Waals surface area contributed by atoms with E-state index in [4.69, 9.17) is 9.47 Å². The number of amides is 3. The van der Waals surface area contributed by atoms with Gasteiger partial charge in [0.05, 0.1) is 16.8 Å². The van der Waals surface area contributed by atoms with Gasteiger partial charge in [-0.25, -0.2) is 4.79 Å². The minimum atomic E-state index is -0.398. The molecule has 1 aliphatic heterocycles. The summed E-state index contributed by atoms with van der Waals surface area (Å²) in [6.45, 7) is 5.98. The molecule has 23 heavy (non-hydrogen) atoms. The number of carbonyl (C=O) groups is 2. The van der Waals surface area contributed by atoms with Crippen LogP contribution in [0, 0.1) is 3.57 Å². The topological polar surface area (TPSA) is 67.9 Å². The van der Waals surface area contributed by atoms with Crippen LogP contribution < -0.4 is 14.8 Å². The van der Waals surface area contributed by atoms with Crippen molar-refractivity contribution in [1.82, 2.24) is 10.2 Å². The fraction of sp³-hybridized carbons (Fsp3) is 0.375. The normalized spacial score (nSPS) is 16.3. The lowest BCUT2D eigenvalue weighted by Gasteiger charge is -2.16. The monoisotopic (exact) mass is 430 g/mol. The predicted octanol–water partition coefficient (Wildman–Crippen LogP) is 3.00. The molecule has 6 nitrogen and oxygen atoms in total. The molecule has 124 valence electrons. The largest absolute Gasteiger partial charge is 0.493 e. The number of likely N-dealkylation sites (N-methyl/N-ethyl adjacent to an activating group) is 1. The van der Waals surface area contributed by atoms with Crippen molar-refractivity contribution in [2.75, 3.05) is 13.7 Å². The van der Waals surface area contributed by atoms with Gasteiger partial charge >= 0.3 is 6.03 Å². The molecule has 0 saturated carbocycles. The number of rotatable bonds is 5. The van der Waals surface area contributed by atoms with E-state index < -0.39 is 6.03 Å². The van der Waals surface area contributed by atoms with Gasteiger partial charge in [0.2, 0.25) is 0 Å². The molecule has 2 rings (SSSR count). The average Bonchev–Trinajstić information content (AvgIpc) is 2.75. The van der Waals surface area contributed by atoms with E-state index in [1.54, 1.807) is 26.2 Å². The van der Waals surface area contributed by atoms with Gasteiger partial charge in [-0.3, -0.25) is 9.69 Å². The summed E-state index contributed by atoms with van der Waals surface area (Å²) in [6.07, 6.45) is 1.66. The van der Waals surface area contributed by atoms with Crippen LogP contribution in [0.5, 0.6) is 11.5 Å². The van der Waals surface area contributed by atoms with E-state index in [0.717, 1.165) is 14.0 Å². The second kappa shape index (κ2) is 7.20. The number of ether oxygens (including phenoxy) is 2. The number of methoxy groups -OCH3 is 1. The third kappa shape index (κ3) is 3.77. The van der Waals surface area contributed by atoms with Crippen molar-refractivity contribution >= 4 is 40.6 Å². The van der Waals surface area contributed by atoms with Crippen LogP contribution in [-0.4, -0.2) is 36.6 Å². The molecule has 0 bridgehead atoms. The highest BCUT2D eigenvalue weighted by Crippen LogP contribution is 2.35. The molecular weight excluding hydrogens is 411 g/mol. The Labute approximate surface area is 149 Å². The lowest BCUT2D eigenvalue weighted by atomic mass is 10.1. The summed E-state index contributed by atoms with van der Waals surface area (Å²) in [4.78, 5) is 25.0. The van der Waals surface area contributed by atoms with Crippen molar-refractivity contribution < 1.29 is 19.1 Å². The first-order chi connectivity index (χ1) is 10.9. The Hall–Kier alpha value is -1.77. The maximum atomic E-state index is 12.1. The van der Waals surface area contributed by atoms with Crippen molar-refractivity contribution in [3.63, 3.8) is 0 Å². The van der Waals surface area contributed by atoms with Gasteiger partial charge in [0.1, 0.15) is 5.70 Å². The van der Waals surface area contributed by atoms with Crippen LogP contribution in [0.3, 0.4) is 0 Å². The van der Waals surface area contributed by atoms with Crippen LogP contribution in [0.25, 0.3) is 6.08 Å². The summed E-state index contributed by atoms with van der Waals surface area (Å²) in [5.74, 6) is 0.928. The predicted molar refractivity (Wildman–Crippen MR) is 95.4 cm³/mol. The standard InChI is InChI=1S/C16H19IN2O4/c1-5-19-15(20)12(18-16(19)21)7-10-6-11(17)14(23-9(2)3)13(8-10)22-4/h6-9H,5H2,1-4H3,(H,18,21)/b12-7+. The zero-order valence-electron chi connectivity index (χ0n) is 13.5. The van der Waals surface area contributed by atoms with E-state index >= 15 is 0 Å². The zero-order valence-corrected chi connectivity index (χ0v) is 15.6. The number of benzene rings is 1. The van der Waals surface area contributed by atoms with Crippen LogP contribution in [0.4, 0.5) is 4.79 Å². The molecule has 0 atom stereocenters. The molecule has 1 aromatic rings. The van der Waals surface area contributed by atoms with Gasteiger partial charge < -0.3 is 14.8 Å². The molecule has 1 aromatic carbocycles. The first-order valence-electron chi connectivity index (χ1n) is 7.26. The summed E-state index contributed by atoms with van der Waals surface area (Å²) >= 11 is 2.16. The number of nitrogens with zero attached hydrogens (tertiary/aromatic N) is 1. The zero-order chi connectivity index (χ0) is 17.1. The molecule has 0 unspecified atom stereocenters. The van der Waals surface area contributed by atoms with E-state index in [0.29, 0.717) is 18.0 Å². The number of hydrogen-bond acceptors (Lipinski definition) is 4. The molecule has 1 aliphatic rings. The molecule has 0 radical (unpaired) electrons. The third-order valence-corrected chi connectivity index (χ3v) is 4.00. The molecular formula is C16H19IN2O4. The highest BCUT2D eigenvalue weighted by Gasteiger charge is 2.32. The van der Waals surface area contributed by atoms with Crippen molar-refractivity contribution in [2.45, 2.75) is 26.9 Å². The smallest absolute Gasteiger partial charge is 0.328 e. The van der Waals surface area contributed by atoms with Crippen LogP contribution >= 0.6 is 22.6 Å². The van der Waals surface area contributed by atoms with Crippen molar-refractivity contribution in [3.8, 4) is 11.5 Å². The Morgan fingerprint density at radius 2 is 2.04 bits per heavy atom. The number of urea groups is 1. The summed E-state index contributed by atoms with van der Waals surface area (Å²) in [7, 11) is 1.57. The second-order valence-corrected chi connectivity index (χ2v) is 6.40. The fourth-order valence-corrected chi connectivity index (χ4v) is 2.95. The number of carbonyl (C=O) groups excluding carboxylic acids is 2. The van der Waals surface area contributed by atoms with Gasteiger partial charge in [-0.1, -0.05) is 0 Å². The molecule has 1 N–H and O–H groups in total.